The average Bonchev–Trinajstić information content (AvgIpc) is 2.53. The molecule has 1 rings (SSSR count). The molecule has 0 unspecified atom stereocenters. The normalized spacial score (nSPS) is 11.4. The van der Waals surface area contributed by atoms with Crippen molar-refractivity contribution in [2.24, 2.45) is 5.92 Å². The minimum absolute atomic E-state index is 0.00690. The second-order valence-electron chi connectivity index (χ2n) is 5.34. The van der Waals surface area contributed by atoms with E-state index in [1.165, 1.54) is 0 Å². The van der Waals surface area contributed by atoms with Crippen LogP contribution in [-0.2, 0) is 19.5 Å². The Labute approximate surface area is 110 Å². The summed E-state index contributed by atoms with van der Waals surface area (Å²) in [6, 6.07) is 0. The monoisotopic (exact) mass is 253 g/mol. The van der Waals surface area contributed by atoms with Gasteiger partial charge in [-0.15, -0.1) is 0 Å². The van der Waals surface area contributed by atoms with Crippen LogP contribution in [0.4, 0.5) is 5.69 Å². The summed E-state index contributed by atoms with van der Waals surface area (Å²) in [5, 5.41) is 0. The molecule has 0 aliphatic rings. The molecule has 0 radical (unpaired) electrons. The van der Waals surface area contributed by atoms with Crippen molar-refractivity contribution in [3.63, 3.8) is 0 Å². The van der Waals surface area contributed by atoms with Gasteiger partial charge < -0.3 is 5.73 Å². The summed E-state index contributed by atoms with van der Waals surface area (Å²) in [6.07, 6.45) is 3.93. The van der Waals surface area contributed by atoms with Crippen molar-refractivity contribution in [2.75, 3.05) is 5.73 Å². The molecule has 1 aromatic rings. The van der Waals surface area contributed by atoms with E-state index in [0.717, 1.165) is 44.5 Å². The zero-order valence-electron chi connectivity index (χ0n) is 12.2. The second kappa shape index (κ2) is 6.66. The van der Waals surface area contributed by atoms with Crippen LogP contribution in [0.2, 0.25) is 0 Å². The lowest BCUT2D eigenvalue weighted by Gasteiger charge is -2.14. The van der Waals surface area contributed by atoms with Crippen molar-refractivity contribution >= 4 is 5.69 Å². The quantitative estimate of drug-likeness (QED) is 0.812. The van der Waals surface area contributed by atoms with E-state index >= 15 is 0 Å². The molecule has 2 N–H and O–H groups in total. The number of hydrogen-bond donors (Lipinski definition) is 1. The first-order valence-corrected chi connectivity index (χ1v) is 7.10. The Hall–Kier alpha value is -1.19. The maximum Gasteiger partial charge on any atom is 0.290 e. The summed E-state index contributed by atoms with van der Waals surface area (Å²) < 4.78 is 3.94. The molecule has 0 fully saturated rings. The molecule has 0 saturated heterocycles. The Morgan fingerprint density at radius 1 is 1.11 bits per heavy atom. The third-order valence-electron chi connectivity index (χ3n) is 3.22. The highest BCUT2D eigenvalue weighted by molar-refractivity contribution is 5.41. The molecule has 0 aliphatic carbocycles. The van der Waals surface area contributed by atoms with Gasteiger partial charge in [-0.05, 0) is 25.2 Å². The van der Waals surface area contributed by atoms with E-state index in [1.54, 1.807) is 0 Å². The molecular formula is C14H27N3O. The fourth-order valence-corrected chi connectivity index (χ4v) is 2.23. The highest BCUT2D eigenvalue weighted by Crippen LogP contribution is 2.13. The Balaban J connectivity index is 3.13. The SMILES string of the molecule is CCCc1c(N)c(=O)n(CCC(C)C)n1CCC. The largest absolute Gasteiger partial charge is 0.393 e. The second-order valence-corrected chi connectivity index (χ2v) is 5.34. The Kier molecular flexibility index (Phi) is 5.51. The Morgan fingerprint density at radius 3 is 2.28 bits per heavy atom. The summed E-state index contributed by atoms with van der Waals surface area (Å²) in [5.74, 6) is 0.595. The predicted molar refractivity (Wildman–Crippen MR) is 76.8 cm³/mol. The zero-order chi connectivity index (χ0) is 13.7. The molecule has 0 atom stereocenters. The van der Waals surface area contributed by atoms with Crippen LogP contribution in [0.5, 0.6) is 0 Å². The highest BCUT2D eigenvalue weighted by atomic mass is 16.1. The molecule has 0 aliphatic heterocycles. The van der Waals surface area contributed by atoms with E-state index in [2.05, 4.69) is 32.4 Å². The van der Waals surface area contributed by atoms with Crippen LogP contribution in [0.25, 0.3) is 0 Å². The summed E-state index contributed by atoms with van der Waals surface area (Å²) in [6.45, 7) is 10.2. The lowest BCUT2D eigenvalue weighted by molar-refractivity contribution is 0.390. The Morgan fingerprint density at radius 2 is 1.78 bits per heavy atom. The van der Waals surface area contributed by atoms with Crippen molar-refractivity contribution in [1.29, 1.82) is 0 Å². The van der Waals surface area contributed by atoms with Gasteiger partial charge in [-0.2, -0.15) is 0 Å². The molecule has 4 nitrogen and oxygen atoms in total. The van der Waals surface area contributed by atoms with Gasteiger partial charge >= 0.3 is 0 Å². The van der Waals surface area contributed by atoms with Crippen LogP contribution in [0.15, 0.2) is 4.79 Å². The molecule has 0 aromatic carbocycles. The first-order chi connectivity index (χ1) is 8.52. The van der Waals surface area contributed by atoms with Crippen molar-refractivity contribution in [3.8, 4) is 0 Å². The van der Waals surface area contributed by atoms with Crippen LogP contribution < -0.4 is 11.3 Å². The molecule has 0 amide bonds. The van der Waals surface area contributed by atoms with Gasteiger partial charge in [-0.3, -0.25) is 9.48 Å². The van der Waals surface area contributed by atoms with Gasteiger partial charge in [0, 0.05) is 13.1 Å². The summed E-state index contributed by atoms with van der Waals surface area (Å²) >= 11 is 0. The van der Waals surface area contributed by atoms with Crippen LogP contribution in [-0.4, -0.2) is 9.36 Å². The smallest absolute Gasteiger partial charge is 0.290 e. The van der Waals surface area contributed by atoms with Gasteiger partial charge in [-0.25, -0.2) is 4.68 Å². The van der Waals surface area contributed by atoms with E-state index in [1.807, 2.05) is 4.68 Å². The van der Waals surface area contributed by atoms with E-state index in [-0.39, 0.29) is 5.56 Å². The third-order valence-corrected chi connectivity index (χ3v) is 3.22. The number of hydrogen-bond acceptors (Lipinski definition) is 2. The first-order valence-electron chi connectivity index (χ1n) is 7.10. The molecule has 0 saturated carbocycles. The predicted octanol–water partition coefficient (Wildman–Crippen LogP) is 2.64. The maximum atomic E-state index is 12.2. The summed E-state index contributed by atoms with van der Waals surface area (Å²) in [4.78, 5) is 12.2. The number of anilines is 1. The molecule has 1 aromatic heterocycles. The fourth-order valence-electron chi connectivity index (χ4n) is 2.23. The van der Waals surface area contributed by atoms with Gasteiger partial charge in [0.1, 0.15) is 5.69 Å². The summed E-state index contributed by atoms with van der Waals surface area (Å²) in [7, 11) is 0. The van der Waals surface area contributed by atoms with Gasteiger partial charge in [0.05, 0.1) is 5.69 Å². The molecule has 4 heteroatoms. The lowest BCUT2D eigenvalue weighted by atomic mass is 10.1. The maximum absolute atomic E-state index is 12.2. The van der Waals surface area contributed by atoms with Crippen LogP contribution >= 0.6 is 0 Å². The topological polar surface area (TPSA) is 53.0 Å². The zero-order valence-corrected chi connectivity index (χ0v) is 12.2. The number of nitrogens with zero attached hydrogens (tertiary/aromatic N) is 2. The fraction of sp³-hybridized carbons (Fsp3) is 0.786. The minimum Gasteiger partial charge on any atom is -0.393 e. The van der Waals surface area contributed by atoms with E-state index in [4.69, 9.17) is 5.73 Å². The lowest BCUT2D eigenvalue weighted by Crippen LogP contribution is -2.25. The number of rotatable bonds is 7. The van der Waals surface area contributed by atoms with Gasteiger partial charge in [-0.1, -0.05) is 34.1 Å². The third kappa shape index (κ3) is 3.18. The van der Waals surface area contributed by atoms with Crippen molar-refractivity contribution in [1.82, 2.24) is 9.36 Å². The van der Waals surface area contributed by atoms with Crippen molar-refractivity contribution in [3.05, 3.63) is 16.0 Å². The van der Waals surface area contributed by atoms with E-state index < -0.39 is 0 Å². The number of nitrogens with two attached hydrogens (primary N) is 1. The standard InChI is InChI=1S/C14H27N3O/c1-5-7-12-13(15)14(18)17(10-8-11(3)4)16(12)9-6-2/h11H,5-10,15H2,1-4H3. The van der Waals surface area contributed by atoms with Gasteiger partial charge in [0.25, 0.3) is 5.56 Å². The average molecular weight is 253 g/mol. The highest BCUT2D eigenvalue weighted by Gasteiger charge is 2.16. The molecule has 1 heterocycles. The molecule has 18 heavy (non-hydrogen) atoms. The van der Waals surface area contributed by atoms with Crippen LogP contribution in [0.1, 0.15) is 52.7 Å². The van der Waals surface area contributed by atoms with Crippen molar-refractivity contribution < 1.29 is 0 Å². The molecular weight excluding hydrogens is 226 g/mol. The van der Waals surface area contributed by atoms with Crippen LogP contribution in [0.3, 0.4) is 0 Å². The molecule has 104 valence electrons. The van der Waals surface area contributed by atoms with Crippen LogP contribution in [0, 0.1) is 5.92 Å². The van der Waals surface area contributed by atoms with E-state index in [9.17, 15) is 4.79 Å². The first kappa shape index (κ1) is 14.9. The van der Waals surface area contributed by atoms with Crippen molar-refractivity contribution in [2.45, 2.75) is 66.5 Å². The van der Waals surface area contributed by atoms with E-state index in [0.29, 0.717) is 11.6 Å². The van der Waals surface area contributed by atoms with Gasteiger partial charge in [0.15, 0.2) is 0 Å². The molecule has 0 bridgehead atoms. The summed E-state index contributed by atoms with van der Waals surface area (Å²) in [5.41, 5.74) is 7.44. The molecule has 0 spiro atoms. The minimum atomic E-state index is -0.00690. The number of aromatic nitrogens is 2. The number of nitrogen functional groups attached to an aromatic ring is 1. The Bertz CT molecular complexity index is 429. The van der Waals surface area contributed by atoms with Gasteiger partial charge in [0.2, 0.25) is 0 Å².